The molecule has 0 saturated heterocycles. The number of rotatable bonds is 5. The summed E-state index contributed by atoms with van der Waals surface area (Å²) in [5.41, 5.74) is 0.319. The summed E-state index contributed by atoms with van der Waals surface area (Å²) in [4.78, 5) is 17.7. The maximum atomic E-state index is 12.1. The number of methoxy groups -OCH3 is 1. The summed E-state index contributed by atoms with van der Waals surface area (Å²) in [6, 6.07) is 1.68. The van der Waals surface area contributed by atoms with Gasteiger partial charge in [0.25, 0.3) is 5.91 Å². The van der Waals surface area contributed by atoms with Crippen molar-refractivity contribution in [3.63, 3.8) is 0 Å². The Hall–Kier alpha value is -1.62. The lowest BCUT2D eigenvalue weighted by Crippen LogP contribution is -2.32. The first-order valence-corrected chi connectivity index (χ1v) is 6.22. The Bertz CT molecular complexity index is 427. The number of amides is 1. The largest absolute Gasteiger partial charge is 0.495 e. The van der Waals surface area contributed by atoms with Crippen LogP contribution >= 0.6 is 0 Å². The molecule has 1 aromatic rings. The van der Waals surface area contributed by atoms with Crippen LogP contribution in [-0.4, -0.2) is 48.7 Å². The molecule has 0 aliphatic rings. The van der Waals surface area contributed by atoms with Crippen LogP contribution in [0.5, 0.6) is 5.75 Å². The SMILES string of the molecule is COc1cncc(C(=O)N(C)CCOC(C)(C)C)c1. The highest BCUT2D eigenvalue weighted by Crippen LogP contribution is 2.12. The lowest BCUT2D eigenvalue weighted by Gasteiger charge is -2.23. The van der Waals surface area contributed by atoms with Crippen molar-refractivity contribution in [1.29, 1.82) is 0 Å². The zero-order valence-electron chi connectivity index (χ0n) is 12.3. The van der Waals surface area contributed by atoms with Crippen molar-refractivity contribution in [2.45, 2.75) is 26.4 Å². The number of likely N-dealkylation sites (N-methyl/N-ethyl adjacent to an activating group) is 1. The molecule has 0 spiro atoms. The molecule has 0 fully saturated rings. The van der Waals surface area contributed by atoms with Gasteiger partial charge in [0.15, 0.2) is 0 Å². The van der Waals surface area contributed by atoms with Gasteiger partial charge >= 0.3 is 0 Å². The Morgan fingerprint density at radius 2 is 2.05 bits per heavy atom. The number of aromatic nitrogens is 1. The lowest BCUT2D eigenvalue weighted by atomic mass is 10.2. The summed E-state index contributed by atoms with van der Waals surface area (Å²) in [6.45, 7) is 7.00. The van der Waals surface area contributed by atoms with E-state index in [-0.39, 0.29) is 11.5 Å². The minimum atomic E-state index is -0.193. The van der Waals surface area contributed by atoms with Gasteiger partial charge in [-0.05, 0) is 26.8 Å². The molecular formula is C14H22N2O3. The van der Waals surface area contributed by atoms with E-state index in [1.807, 2.05) is 20.8 Å². The van der Waals surface area contributed by atoms with Gasteiger partial charge in [-0.25, -0.2) is 0 Å². The van der Waals surface area contributed by atoms with E-state index in [1.165, 1.54) is 6.20 Å². The second-order valence-electron chi connectivity index (χ2n) is 5.30. The van der Waals surface area contributed by atoms with Crippen LogP contribution in [0.25, 0.3) is 0 Å². The van der Waals surface area contributed by atoms with Gasteiger partial charge in [-0.2, -0.15) is 0 Å². The van der Waals surface area contributed by atoms with Gasteiger partial charge in [0, 0.05) is 19.8 Å². The summed E-state index contributed by atoms with van der Waals surface area (Å²) >= 11 is 0. The summed E-state index contributed by atoms with van der Waals surface area (Å²) < 4.78 is 10.6. The Kier molecular flexibility index (Phi) is 5.30. The average molecular weight is 266 g/mol. The van der Waals surface area contributed by atoms with Crippen molar-refractivity contribution in [1.82, 2.24) is 9.88 Å². The molecule has 1 rings (SSSR count). The predicted octanol–water partition coefficient (Wildman–Crippen LogP) is 1.98. The topological polar surface area (TPSA) is 51.7 Å². The minimum Gasteiger partial charge on any atom is -0.495 e. The number of hydrogen-bond acceptors (Lipinski definition) is 4. The molecule has 0 N–H and O–H groups in total. The van der Waals surface area contributed by atoms with Crippen LogP contribution in [0.15, 0.2) is 18.5 Å². The number of carbonyl (C=O) groups excluding carboxylic acids is 1. The van der Waals surface area contributed by atoms with E-state index >= 15 is 0 Å². The molecule has 0 bridgehead atoms. The second-order valence-corrected chi connectivity index (χ2v) is 5.30. The van der Waals surface area contributed by atoms with E-state index in [2.05, 4.69) is 4.98 Å². The van der Waals surface area contributed by atoms with Crippen molar-refractivity contribution >= 4 is 5.91 Å². The first-order chi connectivity index (χ1) is 8.83. The van der Waals surface area contributed by atoms with Gasteiger partial charge in [-0.15, -0.1) is 0 Å². The third-order valence-electron chi connectivity index (χ3n) is 2.50. The molecular weight excluding hydrogens is 244 g/mol. The molecule has 1 amide bonds. The molecule has 106 valence electrons. The summed E-state index contributed by atoms with van der Waals surface area (Å²) in [5, 5.41) is 0. The van der Waals surface area contributed by atoms with Gasteiger partial charge in [-0.3, -0.25) is 9.78 Å². The molecule has 0 unspecified atom stereocenters. The van der Waals surface area contributed by atoms with E-state index in [0.29, 0.717) is 24.5 Å². The quantitative estimate of drug-likeness (QED) is 0.817. The van der Waals surface area contributed by atoms with Crippen molar-refractivity contribution in [3.8, 4) is 5.75 Å². The van der Waals surface area contributed by atoms with Crippen LogP contribution in [-0.2, 0) is 4.74 Å². The Morgan fingerprint density at radius 3 is 2.63 bits per heavy atom. The molecule has 0 aliphatic carbocycles. The Labute approximate surface area is 114 Å². The van der Waals surface area contributed by atoms with Gasteiger partial charge in [0.2, 0.25) is 0 Å². The molecule has 0 atom stereocenters. The fourth-order valence-electron chi connectivity index (χ4n) is 1.46. The van der Waals surface area contributed by atoms with Crippen LogP contribution in [0.1, 0.15) is 31.1 Å². The van der Waals surface area contributed by atoms with Crippen LogP contribution < -0.4 is 4.74 Å². The number of carbonyl (C=O) groups is 1. The van der Waals surface area contributed by atoms with Gasteiger partial charge in [-0.1, -0.05) is 0 Å². The molecule has 0 saturated carbocycles. The zero-order chi connectivity index (χ0) is 14.5. The normalized spacial score (nSPS) is 11.2. The second kappa shape index (κ2) is 6.52. The summed E-state index contributed by atoms with van der Waals surface area (Å²) in [7, 11) is 3.29. The molecule has 0 radical (unpaired) electrons. The van der Waals surface area contributed by atoms with Crippen LogP contribution in [0, 0.1) is 0 Å². The Balaban J connectivity index is 2.56. The lowest BCUT2D eigenvalue weighted by molar-refractivity contribution is -0.00974. The molecule has 5 heteroatoms. The summed E-state index contributed by atoms with van der Waals surface area (Å²) in [6.07, 6.45) is 3.10. The van der Waals surface area contributed by atoms with Crippen molar-refractivity contribution < 1.29 is 14.3 Å². The molecule has 1 aromatic heterocycles. The molecule has 1 heterocycles. The minimum absolute atomic E-state index is 0.0936. The fourth-order valence-corrected chi connectivity index (χ4v) is 1.46. The standard InChI is InChI=1S/C14H22N2O3/c1-14(2,3)19-7-6-16(4)13(17)11-8-12(18-5)10-15-9-11/h8-10H,6-7H2,1-5H3. The van der Waals surface area contributed by atoms with Crippen LogP contribution in [0.3, 0.4) is 0 Å². The van der Waals surface area contributed by atoms with Gasteiger partial charge < -0.3 is 14.4 Å². The number of pyridine rings is 1. The molecule has 5 nitrogen and oxygen atoms in total. The smallest absolute Gasteiger partial charge is 0.255 e. The van der Waals surface area contributed by atoms with E-state index in [4.69, 9.17) is 9.47 Å². The average Bonchev–Trinajstić information content (AvgIpc) is 2.36. The van der Waals surface area contributed by atoms with Crippen LogP contribution in [0.2, 0.25) is 0 Å². The van der Waals surface area contributed by atoms with E-state index in [9.17, 15) is 4.79 Å². The molecule has 0 aromatic carbocycles. The van der Waals surface area contributed by atoms with Crippen LogP contribution in [0.4, 0.5) is 0 Å². The van der Waals surface area contributed by atoms with Crippen molar-refractivity contribution in [2.24, 2.45) is 0 Å². The predicted molar refractivity (Wildman–Crippen MR) is 73.5 cm³/mol. The van der Waals surface area contributed by atoms with E-state index < -0.39 is 0 Å². The van der Waals surface area contributed by atoms with Crippen molar-refractivity contribution in [3.05, 3.63) is 24.0 Å². The third kappa shape index (κ3) is 5.26. The third-order valence-corrected chi connectivity index (χ3v) is 2.50. The number of nitrogens with zero attached hydrogens (tertiary/aromatic N) is 2. The fraction of sp³-hybridized carbons (Fsp3) is 0.571. The molecule has 0 aliphatic heterocycles. The molecule has 19 heavy (non-hydrogen) atoms. The van der Waals surface area contributed by atoms with E-state index in [1.54, 1.807) is 31.3 Å². The van der Waals surface area contributed by atoms with Gasteiger partial charge in [0.1, 0.15) is 5.75 Å². The monoisotopic (exact) mass is 266 g/mol. The highest BCUT2D eigenvalue weighted by Gasteiger charge is 2.15. The van der Waals surface area contributed by atoms with Crippen molar-refractivity contribution in [2.75, 3.05) is 27.3 Å². The zero-order valence-corrected chi connectivity index (χ0v) is 12.3. The van der Waals surface area contributed by atoms with E-state index in [0.717, 1.165) is 0 Å². The first-order valence-electron chi connectivity index (χ1n) is 6.22. The highest BCUT2D eigenvalue weighted by atomic mass is 16.5. The highest BCUT2D eigenvalue weighted by molar-refractivity contribution is 5.94. The number of ether oxygens (including phenoxy) is 2. The van der Waals surface area contributed by atoms with Gasteiger partial charge in [0.05, 0.1) is 31.1 Å². The first kappa shape index (κ1) is 15.4. The summed E-state index contributed by atoms with van der Waals surface area (Å²) in [5.74, 6) is 0.481. The number of hydrogen-bond donors (Lipinski definition) is 0. The Morgan fingerprint density at radius 1 is 1.37 bits per heavy atom. The maximum absolute atomic E-state index is 12.1. The maximum Gasteiger partial charge on any atom is 0.255 e.